The number of rotatable bonds is 2. The highest BCUT2D eigenvalue weighted by molar-refractivity contribution is 5.79. The number of carbonyl (C=O) groups excluding carboxylic acids is 2. The molecule has 0 aromatic rings. The summed E-state index contributed by atoms with van der Waals surface area (Å²) in [5, 5.41) is 5.79. The smallest absolute Gasteiger partial charge is 0.317 e. The summed E-state index contributed by atoms with van der Waals surface area (Å²) < 4.78 is 0. The van der Waals surface area contributed by atoms with Crippen molar-refractivity contribution < 1.29 is 9.59 Å². The van der Waals surface area contributed by atoms with E-state index in [1.807, 2.05) is 11.8 Å². The molecule has 0 aromatic heterocycles. The quantitative estimate of drug-likeness (QED) is 0.745. The van der Waals surface area contributed by atoms with Crippen molar-refractivity contribution in [2.24, 2.45) is 5.41 Å². The molecule has 0 bridgehead atoms. The Morgan fingerprint density at radius 3 is 2.71 bits per heavy atom. The highest BCUT2D eigenvalue weighted by Gasteiger charge is 2.41. The molecule has 5 heteroatoms. The summed E-state index contributed by atoms with van der Waals surface area (Å²) in [5.74, 6) is 0.161. The zero-order valence-electron chi connectivity index (χ0n) is 10.4. The van der Waals surface area contributed by atoms with E-state index in [1.54, 1.807) is 0 Å². The van der Waals surface area contributed by atoms with Crippen LogP contribution in [-0.4, -0.2) is 43.0 Å². The molecule has 2 saturated heterocycles. The number of piperidine rings is 1. The number of carbonyl (C=O) groups is 2. The van der Waals surface area contributed by atoms with Gasteiger partial charge in [-0.15, -0.1) is 0 Å². The van der Waals surface area contributed by atoms with Gasteiger partial charge in [-0.05, 0) is 24.7 Å². The van der Waals surface area contributed by atoms with Crippen molar-refractivity contribution in [3.8, 4) is 0 Å². The summed E-state index contributed by atoms with van der Waals surface area (Å²) in [6.07, 6.45) is 3.47. The fourth-order valence-electron chi connectivity index (χ4n) is 2.63. The highest BCUT2D eigenvalue weighted by Crippen LogP contribution is 2.37. The first kappa shape index (κ1) is 12.2. The zero-order chi connectivity index (χ0) is 12.3. The number of hydrogen-bond donors (Lipinski definition) is 2. The van der Waals surface area contributed by atoms with E-state index >= 15 is 0 Å². The summed E-state index contributed by atoms with van der Waals surface area (Å²) in [6.45, 7) is 5.10. The second-order valence-electron chi connectivity index (χ2n) is 5.17. The molecule has 0 atom stereocenters. The Morgan fingerprint density at radius 1 is 1.47 bits per heavy atom. The van der Waals surface area contributed by atoms with Crippen LogP contribution in [0.25, 0.3) is 0 Å². The summed E-state index contributed by atoms with van der Waals surface area (Å²) in [5.41, 5.74) is 0.124. The second kappa shape index (κ2) is 4.94. The third-order valence-corrected chi connectivity index (χ3v) is 3.83. The van der Waals surface area contributed by atoms with Gasteiger partial charge in [-0.25, -0.2) is 4.79 Å². The van der Waals surface area contributed by atoms with Crippen molar-refractivity contribution in [2.45, 2.75) is 32.6 Å². The molecule has 96 valence electrons. The minimum Gasteiger partial charge on any atom is -0.356 e. The van der Waals surface area contributed by atoms with Crippen LogP contribution in [0.4, 0.5) is 4.79 Å². The molecule has 2 rings (SSSR count). The summed E-state index contributed by atoms with van der Waals surface area (Å²) >= 11 is 0. The van der Waals surface area contributed by atoms with Crippen LogP contribution >= 0.6 is 0 Å². The Labute approximate surface area is 102 Å². The van der Waals surface area contributed by atoms with Crippen LogP contribution in [0.2, 0.25) is 0 Å². The number of nitrogens with one attached hydrogen (secondary N) is 2. The lowest BCUT2D eigenvalue weighted by atomic mass is 9.78. The van der Waals surface area contributed by atoms with Gasteiger partial charge < -0.3 is 15.5 Å². The van der Waals surface area contributed by atoms with E-state index in [4.69, 9.17) is 0 Å². The lowest BCUT2D eigenvalue weighted by molar-refractivity contribution is -0.119. The van der Waals surface area contributed by atoms with Crippen LogP contribution in [0.15, 0.2) is 0 Å². The van der Waals surface area contributed by atoms with E-state index < -0.39 is 0 Å². The largest absolute Gasteiger partial charge is 0.356 e. The third kappa shape index (κ3) is 2.70. The van der Waals surface area contributed by atoms with Crippen LogP contribution in [0.5, 0.6) is 0 Å². The Bertz CT molecular complexity index is 309. The van der Waals surface area contributed by atoms with E-state index in [9.17, 15) is 9.59 Å². The topological polar surface area (TPSA) is 61.4 Å². The first-order chi connectivity index (χ1) is 8.15. The zero-order valence-corrected chi connectivity index (χ0v) is 10.4. The predicted octanol–water partition coefficient (Wildman–Crippen LogP) is 0.708. The molecule has 2 aliphatic rings. The molecule has 0 radical (unpaired) electrons. The number of likely N-dealkylation sites (tertiary alicyclic amines) is 1. The lowest BCUT2D eigenvalue weighted by Gasteiger charge is -2.38. The summed E-state index contributed by atoms with van der Waals surface area (Å²) in [4.78, 5) is 24.9. The van der Waals surface area contributed by atoms with Crippen LogP contribution in [0.3, 0.4) is 0 Å². The second-order valence-corrected chi connectivity index (χ2v) is 5.17. The Hall–Kier alpha value is -1.26. The molecule has 5 nitrogen and oxygen atoms in total. The first-order valence-corrected chi connectivity index (χ1v) is 6.45. The molecule has 0 unspecified atom stereocenters. The molecular weight excluding hydrogens is 218 g/mol. The average Bonchev–Trinajstić information content (AvgIpc) is 2.68. The lowest BCUT2D eigenvalue weighted by Crippen LogP contribution is -2.48. The molecule has 2 heterocycles. The maximum Gasteiger partial charge on any atom is 0.317 e. The van der Waals surface area contributed by atoms with Crippen molar-refractivity contribution >= 4 is 11.9 Å². The third-order valence-electron chi connectivity index (χ3n) is 3.83. The van der Waals surface area contributed by atoms with Gasteiger partial charge in [-0.1, -0.05) is 6.92 Å². The summed E-state index contributed by atoms with van der Waals surface area (Å²) in [6, 6.07) is 0.0407. The molecule has 2 N–H and O–H groups in total. The molecule has 3 amide bonds. The van der Waals surface area contributed by atoms with E-state index in [-0.39, 0.29) is 17.4 Å². The predicted molar refractivity (Wildman–Crippen MR) is 64.6 cm³/mol. The van der Waals surface area contributed by atoms with Gasteiger partial charge >= 0.3 is 6.03 Å². The maximum atomic E-state index is 11.8. The number of amides is 3. The van der Waals surface area contributed by atoms with E-state index in [1.165, 1.54) is 0 Å². The van der Waals surface area contributed by atoms with Gasteiger partial charge in [-0.3, -0.25) is 4.79 Å². The molecule has 0 aliphatic carbocycles. The molecule has 0 aromatic carbocycles. The Balaban J connectivity index is 1.81. The van der Waals surface area contributed by atoms with Crippen LogP contribution in [-0.2, 0) is 4.79 Å². The van der Waals surface area contributed by atoms with Crippen LogP contribution < -0.4 is 10.6 Å². The minimum absolute atomic E-state index is 0.0407. The molecule has 2 aliphatic heterocycles. The highest BCUT2D eigenvalue weighted by atomic mass is 16.2. The molecule has 1 spiro atoms. The van der Waals surface area contributed by atoms with E-state index in [0.717, 1.165) is 45.4 Å². The van der Waals surface area contributed by atoms with E-state index in [2.05, 4.69) is 10.6 Å². The standard InChI is InChI=1S/C12H21N3O2/c1-2-5-13-11(17)15-6-3-12(4-7-15)8-10(16)14-9-12/h2-9H2,1H3,(H,13,17)(H,14,16). The molecular formula is C12H21N3O2. The van der Waals surface area contributed by atoms with Gasteiger partial charge in [0.25, 0.3) is 0 Å². The fraction of sp³-hybridized carbons (Fsp3) is 0.833. The van der Waals surface area contributed by atoms with Gasteiger partial charge in [-0.2, -0.15) is 0 Å². The average molecular weight is 239 g/mol. The van der Waals surface area contributed by atoms with Crippen molar-refractivity contribution in [3.63, 3.8) is 0 Å². The van der Waals surface area contributed by atoms with Gasteiger partial charge in [0.1, 0.15) is 0 Å². The molecule has 2 fully saturated rings. The number of urea groups is 1. The van der Waals surface area contributed by atoms with Crippen molar-refractivity contribution in [1.29, 1.82) is 0 Å². The number of hydrogen-bond acceptors (Lipinski definition) is 2. The maximum absolute atomic E-state index is 11.8. The fourth-order valence-corrected chi connectivity index (χ4v) is 2.63. The van der Waals surface area contributed by atoms with Crippen molar-refractivity contribution in [2.75, 3.05) is 26.2 Å². The van der Waals surface area contributed by atoms with Gasteiger partial charge in [0.2, 0.25) is 5.91 Å². The normalized spacial score (nSPS) is 22.6. The van der Waals surface area contributed by atoms with E-state index in [0.29, 0.717) is 6.42 Å². The number of nitrogens with zero attached hydrogens (tertiary/aromatic N) is 1. The van der Waals surface area contributed by atoms with Crippen molar-refractivity contribution in [3.05, 3.63) is 0 Å². The summed E-state index contributed by atoms with van der Waals surface area (Å²) in [7, 11) is 0. The van der Waals surface area contributed by atoms with Crippen LogP contribution in [0, 0.1) is 5.41 Å². The van der Waals surface area contributed by atoms with Gasteiger partial charge in [0, 0.05) is 32.6 Å². The Morgan fingerprint density at radius 2 is 2.18 bits per heavy atom. The van der Waals surface area contributed by atoms with Gasteiger partial charge in [0.05, 0.1) is 0 Å². The first-order valence-electron chi connectivity index (χ1n) is 6.45. The monoisotopic (exact) mass is 239 g/mol. The molecule has 0 saturated carbocycles. The minimum atomic E-state index is 0.0407. The van der Waals surface area contributed by atoms with Crippen molar-refractivity contribution in [1.82, 2.24) is 15.5 Å². The van der Waals surface area contributed by atoms with Crippen LogP contribution in [0.1, 0.15) is 32.6 Å². The Kier molecular flexibility index (Phi) is 3.54. The van der Waals surface area contributed by atoms with Gasteiger partial charge in [0.15, 0.2) is 0 Å². The SMILES string of the molecule is CCCNC(=O)N1CCC2(CC1)CNC(=O)C2. The molecule has 17 heavy (non-hydrogen) atoms.